The van der Waals surface area contributed by atoms with Gasteiger partial charge in [0.25, 0.3) is 0 Å². The van der Waals surface area contributed by atoms with Crippen molar-refractivity contribution < 1.29 is 9.47 Å². The maximum Gasteiger partial charge on any atom is 0.119 e. The van der Waals surface area contributed by atoms with Crippen LogP contribution in [0.5, 0.6) is 5.75 Å². The molecule has 1 unspecified atom stereocenters. The van der Waals surface area contributed by atoms with Gasteiger partial charge in [0.2, 0.25) is 0 Å². The van der Waals surface area contributed by atoms with Crippen LogP contribution in [0.4, 0.5) is 0 Å². The molecule has 3 aromatic rings. The van der Waals surface area contributed by atoms with Gasteiger partial charge in [-0.1, -0.05) is 67.6 Å². The first-order chi connectivity index (χ1) is 12.7. The molecule has 0 amide bonds. The van der Waals surface area contributed by atoms with Crippen LogP contribution in [0.15, 0.2) is 72.8 Å². The molecular formula is C24H26O2. The Bertz CT molecular complexity index is 820. The molecule has 0 saturated heterocycles. The lowest BCUT2D eigenvalue weighted by atomic mass is 9.94. The van der Waals surface area contributed by atoms with Crippen LogP contribution in [0.3, 0.4) is 0 Å². The van der Waals surface area contributed by atoms with Crippen molar-refractivity contribution in [3.05, 3.63) is 78.4 Å². The minimum Gasteiger partial charge on any atom is -0.494 e. The van der Waals surface area contributed by atoms with Gasteiger partial charge in [0.15, 0.2) is 0 Å². The third-order valence-corrected chi connectivity index (χ3v) is 4.61. The maximum atomic E-state index is 5.70. The largest absolute Gasteiger partial charge is 0.494 e. The van der Waals surface area contributed by atoms with Crippen LogP contribution in [0, 0.1) is 0 Å². The summed E-state index contributed by atoms with van der Waals surface area (Å²) in [6.07, 6.45) is 1.12. The quantitative estimate of drug-likeness (QED) is 0.485. The molecule has 3 aromatic carbocycles. The third kappa shape index (κ3) is 4.14. The second-order valence-corrected chi connectivity index (χ2v) is 6.42. The summed E-state index contributed by atoms with van der Waals surface area (Å²) in [4.78, 5) is 0. The highest BCUT2D eigenvalue weighted by Crippen LogP contribution is 2.33. The lowest BCUT2D eigenvalue weighted by Crippen LogP contribution is -1.95. The number of hydrogen-bond donors (Lipinski definition) is 0. The monoisotopic (exact) mass is 346 g/mol. The van der Waals surface area contributed by atoms with E-state index in [1.807, 2.05) is 12.1 Å². The molecular weight excluding hydrogens is 320 g/mol. The summed E-state index contributed by atoms with van der Waals surface area (Å²) in [5, 5.41) is 0. The number of rotatable bonds is 7. The Kier molecular flexibility index (Phi) is 6.08. The highest BCUT2D eigenvalue weighted by atomic mass is 16.5. The molecule has 0 bridgehead atoms. The summed E-state index contributed by atoms with van der Waals surface area (Å²) in [7, 11) is 1.74. The summed E-state index contributed by atoms with van der Waals surface area (Å²) in [5.41, 5.74) is 6.04. The molecule has 0 aliphatic heterocycles. The van der Waals surface area contributed by atoms with Crippen molar-refractivity contribution in [3.8, 4) is 28.0 Å². The second kappa shape index (κ2) is 8.68. The van der Waals surface area contributed by atoms with Crippen molar-refractivity contribution in [1.29, 1.82) is 0 Å². The van der Waals surface area contributed by atoms with Gasteiger partial charge < -0.3 is 9.47 Å². The molecule has 0 heterocycles. The molecule has 0 saturated carbocycles. The van der Waals surface area contributed by atoms with E-state index in [0.29, 0.717) is 0 Å². The van der Waals surface area contributed by atoms with Crippen molar-refractivity contribution in [2.24, 2.45) is 0 Å². The Morgan fingerprint density at radius 2 is 1.31 bits per heavy atom. The van der Waals surface area contributed by atoms with Gasteiger partial charge in [-0.3, -0.25) is 0 Å². The van der Waals surface area contributed by atoms with Crippen molar-refractivity contribution in [1.82, 2.24) is 0 Å². The number of methoxy groups -OCH3 is 1. The molecule has 0 spiro atoms. The highest BCUT2D eigenvalue weighted by Gasteiger charge is 2.09. The molecule has 0 N–H and O–H groups in total. The predicted octanol–water partition coefficient (Wildman–Crippen LogP) is 6.52. The first kappa shape index (κ1) is 18.2. The summed E-state index contributed by atoms with van der Waals surface area (Å²) in [6, 6.07) is 25.5. The van der Waals surface area contributed by atoms with E-state index >= 15 is 0 Å². The molecule has 2 heteroatoms. The Hall–Kier alpha value is -2.58. The molecule has 0 radical (unpaired) electrons. The first-order valence-electron chi connectivity index (χ1n) is 9.18. The van der Waals surface area contributed by atoms with Crippen molar-refractivity contribution in [3.63, 3.8) is 0 Å². The van der Waals surface area contributed by atoms with Gasteiger partial charge in [-0.25, -0.2) is 0 Å². The van der Waals surface area contributed by atoms with E-state index in [2.05, 4.69) is 74.5 Å². The van der Waals surface area contributed by atoms with Gasteiger partial charge in [-0.05, 0) is 53.3 Å². The van der Waals surface area contributed by atoms with E-state index in [1.54, 1.807) is 7.11 Å². The van der Waals surface area contributed by atoms with Gasteiger partial charge in [-0.15, -0.1) is 0 Å². The van der Waals surface area contributed by atoms with Crippen LogP contribution >= 0.6 is 0 Å². The van der Waals surface area contributed by atoms with Crippen molar-refractivity contribution in [2.75, 3.05) is 13.7 Å². The van der Waals surface area contributed by atoms with Crippen LogP contribution < -0.4 is 4.74 Å². The molecule has 1 atom stereocenters. The second-order valence-electron chi connectivity index (χ2n) is 6.42. The van der Waals surface area contributed by atoms with E-state index in [0.717, 1.165) is 18.8 Å². The van der Waals surface area contributed by atoms with E-state index in [9.17, 15) is 0 Å². The molecule has 0 fully saturated rings. The molecule has 2 nitrogen and oxygen atoms in total. The van der Waals surface area contributed by atoms with Gasteiger partial charge in [0.05, 0.1) is 12.7 Å². The summed E-state index contributed by atoms with van der Waals surface area (Å²) < 4.78 is 11.1. The highest BCUT2D eigenvalue weighted by molar-refractivity contribution is 5.83. The normalized spacial score (nSPS) is 12.0. The standard InChI is InChI=1S/C24H26O2/c1-4-17-26-22-15-13-21(14-16-22)24-8-6-5-7-23(24)20-11-9-19(10-12-20)18(2)25-3/h5-16,18H,4,17H2,1-3H3. The third-order valence-electron chi connectivity index (χ3n) is 4.61. The molecule has 0 aliphatic carbocycles. The number of hydrogen-bond acceptors (Lipinski definition) is 2. The smallest absolute Gasteiger partial charge is 0.119 e. The lowest BCUT2D eigenvalue weighted by Gasteiger charge is -2.13. The topological polar surface area (TPSA) is 18.5 Å². The Labute approximate surface area is 156 Å². The van der Waals surface area contributed by atoms with Crippen LogP contribution in [0.1, 0.15) is 31.9 Å². The molecule has 26 heavy (non-hydrogen) atoms. The summed E-state index contributed by atoms with van der Waals surface area (Å²) >= 11 is 0. The lowest BCUT2D eigenvalue weighted by molar-refractivity contribution is 0.119. The van der Waals surface area contributed by atoms with Crippen molar-refractivity contribution in [2.45, 2.75) is 26.4 Å². The Morgan fingerprint density at radius 3 is 1.81 bits per heavy atom. The van der Waals surface area contributed by atoms with Crippen LogP contribution in [-0.2, 0) is 4.74 Å². The van der Waals surface area contributed by atoms with Crippen LogP contribution in [-0.4, -0.2) is 13.7 Å². The average molecular weight is 346 g/mol. The van der Waals surface area contributed by atoms with E-state index < -0.39 is 0 Å². The first-order valence-corrected chi connectivity index (χ1v) is 9.18. The SMILES string of the molecule is CCCOc1ccc(-c2ccccc2-c2ccc(C(C)OC)cc2)cc1. The molecule has 0 aliphatic rings. The molecule has 3 rings (SSSR count). The predicted molar refractivity (Wildman–Crippen MR) is 109 cm³/mol. The van der Waals surface area contributed by atoms with Gasteiger partial charge >= 0.3 is 0 Å². The van der Waals surface area contributed by atoms with E-state index in [4.69, 9.17) is 9.47 Å². The van der Waals surface area contributed by atoms with Crippen LogP contribution in [0.2, 0.25) is 0 Å². The minimum absolute atomic E-state index is 0.106. The molecule has 0 aromatic heterocycles. The fourth-order valence-corrected chi connectivity index (χ4v) is 3.01. The van der Waals surface area contributed by atoms with Gasteiger partial charge in [0.1, 0.15) is 5.75 Å². The van der Waals surface area contributed by atoms with Gasteiger partial charge in [0, 0.05) is 7.11 Å². The summed E-state index contributed by atoms with van der Waals surface area (Å²) in [5.74, 6) is 0.922. The van der Waals surface area contributed by atoms with Gasteiger partial charge in [-0.2, -0.15) is 0 Å². The average Bonchev–Trinajstić information content (AvgIpc) is 2.72. The maximum absolute atomic E-state index is 5.70. The Balaban J connectivity index is 1.91. The van der Waals surface area contributed by atoms with Crippen molar-refractivity contribution >= 4 is 0 Å². The fraction of sp³-hybridized carbons (Fsp3) is 0.250. The zero-order valence-electron chi connectivity index (χ0n) is 15.7. The van der Waals surface area contributed by atoms with Crippen LogP contribution in [0.25, 0.3) is 22.3 Å². The zero-order chi connectivity index (χ0) is 18.4. The Morgan fingerprint density at radius 1 is 0.769 bits per heavy atom. The summed E-state index contributed by atoms with van der Waals surface area (Å²) in [6.45, 7) is 4.93. The van der Waals surface area contributed by atoms with E-state index in [-0.39, 0.29) is 6.10 Å². The minimum atomic E-state index is 0.106. The fourth-order valence-electron chi connectivity index (χ4n) is 3.01. The molecule has 134 valence electrons. The zero-order valence-corrected chi connectivity index (χ0v) is 15.7. The number of ether oxygens (including phenoxy) is 2. The van der Waals surface area contributed by atoms with E-state index in [1.165, 1.54) is 27.8 Å². The number of benzene rings is 3.